The molecule has 3 aromatic rings. The van der Waals surface area contributed by atoms with Gasteiger partial charge in [0.25, 0.3) is 11.2 Å². The topological polar surface area (TPSA) is 125 Å². The number of benzene rings is 1. The number of amides is 1. The number of nitro groups is 1. The van der Waals surface area contributed by atoms with E-state index in [9.17, 15) is 19.7 Å². The average molecular weight is 382 g/mol. The molecule has 0 radical (unpaired) electrons. The molecule has 144 valence electrons. The number of carbonyl (C=O) groups excluding carboxylic acids is 1. The summed E-state index contributed by atoms with van der Waals surface area (Å²) in [5.74, 6) is -0.197. The molecule has 0 spiro atoms. The zero-order valence-corrected chi connectivity index (χ0v) is 15.1. The van der Waals surface area contributed by atoms with E-state index in [1.807, 2.05) is 0 Å². The number of hydrogen-bond acceptors (Lipinski definition) is 6. The van der Waals surface area contributed by atoms with E-state index in [0.29, 0.717) is 24.1 Å². The largest absolute Gasteiger partial charge is 0.351 e. The average Bonchev–Trinajstić information content (AvgIpc) is 3.08. The van der Waals surface area contributed by atoms with Gasteiger partial charge in [0.1, 0.15) is 11.7 Å². The molecule has 10 nitrogen and oxygen atoms in total. The van der Waals surface area contributed by atoms with E-state index in [1.54, 1.807) is 29.8 Å². The SMILES string of the molecule is C/C=C\C(=O)NCCn1ncc2c(=O)n(Cc3ccc([N+](=O)[O-])cc3)cnc21. The molecule has 2 heterocycles. The van der Waals surface area contributed by atoms with Crippen LogP contribution in [-0.4, -0.2) is 36.7 Å². The van der Waals surface area contributed by atoms with Gasteiger partial charge in [0.15, 0.2) is 5.65 Å². The number of nitrogens with one attached hydrogen (secondary N) is 1. The summed E-state index contributed by atoms with van der Waals surface area (Å²) in [4.78, 5) is 38.7. The lowest BCUT2D eigenvalue weighted by Crippen LogP contribution is -2.26. The summed E-state index contributed by atoms with van der Waals surface area (Å²) in [7, 11) is 0. The molecule has 0 saturated heterocycles. The maximum absolute atomic E-state index is 12.7. The summed E-state index contributed by atoms with van der Waals surface area (Å²) in [6.45, 7) is 2.73. The van der Waals surface area contributed by atoms with Crippen molar-refractivity contribution in [2.75, 3.05) is 6.54 Å². The minimum atomic E-state index is -0.473. The number of carbonyl (C=O) groups is 1. The second-order valence-electron chi connectivity index (χ2n) is 6.00. The normalized spacial score (nSPS) is 11.2. The van der Waals surface area contributed by atoms with E-state index in [-0.39, 0.29) is 23.7 Å². The van der Waals surface area contributed by atoms with Crippen LogP contribution in [0.5, 0.6) is 0 Å². The summed E-state index contributed by atoms with van der Waals surface area (Å²) in [5, 5.41) is 18.0. The van der Waals surface area contributed by atoms with Crippen LogP contribution in [0, 0.1) is 10.1 Å². The van der Waals surface area contributed by atoms with Crippen LogP contribution in [0.4, 0.5) is 5.69 Å². The van der Waals surface area contributed by atoms with Crippen molar-refractivity contribution < 1.29 is 9.72 Å². The number of nitro benzene ring substituents is 1. The molecule has 0 fully saturated rings. The molecular formula is C18H18N6O4. The third kappa shape index (κ3) is 4.11. The van der Waals surface area contributed by atoms with E-state index < -0.39 is 4.92 Å². The second-order valence-corrected chi connectivity index (χ2v) is 6.00. The predicted octanol–water partition coefficient (Wildman–Crippen LogP) is 1.24. The fraction of sp³-hybridized carbons (Fsp3) is 0.222. The molecule has 0 aliphatic carbocycles. The summed E-state index contributed by atoms with van der Waals surface area (Å²) < 4.78 is 2.98. The van der Waals surface area contributed by atoms with Gasteiger partial charge in [-0.2, -0.15) is 5.10 Å². The summed E-state index contributed by atoms with van der Waals surface area (Å²) in [6.07, 6.45) is 5.94. The quantitative estimate of drug-likeness (QED) is 0.372. The second kappa shape index (κ2) is 8.25. The third-order valence-corrected chi connectivity index (χ3v) is 4.06. The van der Waals surface area contributed by atoms with E-state index >= 15 is 0 Å². The lowest BCUT2D eigenvalue weighted by Gasteiger charge is -2.07. The zero-order chi connectivity index (χ0) is 20.1. The van der Waals surface area contributed by atoms with Crippen LogP contribution in [0.3, 0.4) is 0 Å². The number of aromatic nitrogens is 4. The van der Waals surface area contributed by atoms with Crippen LogP contribution in [0.25, 0.3) is 11.0 Å². The number of fused-ring (bicyclic) bond motifs is 1. The Balaban J connectivity index is 1.76. The molecule has 1 amide bonds. The van der Waals surface area contributed by atoms with E-state index in [1.165, 1.54) is 35.3 Å². The van der Waals surface area contributed by atoms with Gasteiger partial charge in [-0.25, -0.2) is 9.67 Å². The standard InChI is InChI=1S/C18H18N6O4/c1-2-3-16(25)19-8-9-23-17-15(10-21-23)18(26)22(12-20-17)11-13-4-6-14(7-5-13)24(27)28/h2-7,10,12H,8-9,11H2,1H3,(H,19,25)/b3-2-. The fourth-order valence-corrected chi connectivity index (χ4v) is 2.69. The van der Waals surface area contributed by atoms with Crippen molar-refractivity contribution in [3.8, 4) is 0 Å². The molecule has 0 aliphatic rings. The minimum absolute atomic E-state index is 0.00697. The highest BCUT2D eigenvalue weighted by Gasteiger charge is 2.11. The molecule has 0 aliphatic heterocycles. The van der Waals surface area contributed by atoms with Gasteiger partial charge in [-0.1, -0.05) is 18.2 Å². The Morgan fingerprint density at radius 2 is 2.07 bits per heavy atom. The molecule has 2 aromatic heterocycles. The Morgan fingerprint density at radius 3 is 2.75 bits per heavy atom. The lowest BCUT2D eigenvalue weighted by atomic mass is 10.2. The smallest absolute Gasteiger partial charge is 0.269 e. The van der Waals surface area contributed by atoms with Crippen molar-refractivity contribution in [1.29, 1.82) is 0 Å². The lowest BCUT2D eigenvalue weighted by molar-refractivity contribution is -0.384. The van der Waals surface area contributed by atoms with E-state index in [2.05, 4.69) is 15.4 Å². The third-order valence-electron chi connectivity index (χ3n) is 4.06. The summed E-state index contributed by atoms with van der Waals surface area (Å²) in [5.41, 5.74) is 0.915. The van der Waals surface area contributed by atoms with Gasteiger partial charge in [0.05, 0.1) is 24.2 Å². The number of rotatable bonds is 7. The van der Waals surface area contributed by atoms with Gasteiger partial charge in [-0.15, -0.1) is 0 Å². The Morgan fingerprint density at radius 1 is 1.32 bits per heavy atom. The number of nitrogens with zero attached hydrogens (tertiary/aromatic N) is 5. The number of hydrogen-bond donors (Lipinski definition) is 1. The van der Waals surface area contributed by atoms with Crippen molar-refractivity contribution >= 4 is 22.6 Å². The molecule has 1 N–H and O–H groups in total. The maximum Gasteiger partial charge on any atom is 0.269 e. The first-order chi connectivity index (χ1) is 13.5. The molecule has 10 heteroatoms. The van der Waals surface area contributed by atoms with Crippen LogP contribution < -0.4 is 10.9 Å². The molecule has 1 aromatic carbocycles. The number of non-ortho nitro benzene ring substituents is 1. The maximum atomic E-state index is 12.7. The first-order valence-electron chi connectivity index (χ1n) is 8.54. The first-order valence-corrected chi connectivity index (χ1v) is 8.54. The van der Waals surface area contributed by atoms with Gasteiger partial charge in [-0.3, -0.25) is 24.3 Å². The molecule has 3 rings (SSSR count). The van der Waals surface area contributed by atoms with E-state index in [4.69, 9.17) is 0 Å². The minimum Gasteiger partial charge on any atom is -0.351 e. The van der Waals surface area contributed by atoms with Gasteiger partial charge in [0, 0.05) is 18.7 Å². The highest BCUT2D eigenvalue weighted by atomic mass is 16.6. The van der Waals surface area contributed by atoms with Crippen LogP contribution in [0.2, 0.25) is 0 Å². The van der Waals surface area contributed by atoms with Crippen molar-refractivity contribution in [2.45, 2.75) is 20.0 Å². The van der Waals surface area contributed by atoms with Crippen molar-refractivity contribution in [3.63, 3.8) is 0 Å². The molecule has 0 saturated carbocycles. The van der Waals surface area contributed by atoms with Crippen molar-refractivity contribution in [3.05, 3.63) is 75.0 Å². The monoisotopic (exact) mass is 382 g/mol. The highest BCUT2D eigenvalue weighted by Crippen LogP contribution is 2.13. The van der Waals surface area contributed by atoms with E-state index in [0.717, 1.165) is 5.56 Å². The highest BCUT2D eigenvalue weighted by molar-refractivity contribution is 5.87. The van der Waals surface area contributed by atoms with Crippen LogP contribution >= 0.6 is 0 Å². The Bertz CT molecular complexity index is 1100. The molecule has 0 atom stereocenters. The van der Waals surface area contributed by atoms with Gasteiger partial charge in [-0.05, 0) is 18.6 Å². The van der Waals surface area contributed by atoms with Gasteiger partial charge >= 0.3 is 0 Å². The predicted molar refractivity (Wildman–Crippen MR) is 102 cm³/mol. The van der Waals surface area contributed by atoms with Crippen LogP contribution in [-0.2, 0) is 17.9 Å². The van der Waals surface area contributed by atoms with Crippen LogP contribution in [0.15, 0.2) is 53.7 Å². The fourth-order valence-electron chi connectivity index (χ4n) is 2.69. The molecular weight excluding hydrogens is 364 g/mol. The van der Waals surface area contributed by atoms with Crippen molar-refractivity contribution in [2.24, 2.45) is 0 Å². The number of allylic oxidation sites excluding steroid dienone is 1. The zero-order valence-electron chi connectivity index (χ0n) is 15.1. The Kier molecular flexibility index (Phi) is 5.58. The molecule has 0 unspecified atom stereocenters. The van der Waals surface area contributed by atoms with Crippen LogP contribution in [0.1, 0.15) is 12.5 Å². The van der Waals surface area contributed by atoms with Crippen molar-refractivity contribution in [1.82, 2.24) is 24.6 Å². The first kappa shape index (κ1) is 19.0. The Hall–Kier alpha value is -3.82. The Labute approximate surface area is 159 Å². The molecule has 28 heavy (non-hydrogen) atoms. The van der Waals surface area contributed by atoms with Gasteiger partial charge in [0.2, 0.25) is 5.91 Å². The van der Waals surface area contributed by atoms with Gasteiger partial charge < -0.3 is 5.32 Å². The summed E-state index contributed by atoms with van der Waals surface area (Å²) in [6, 6.07) is 6.00. The molecule has 0 bridgehead atoms. The summed E-state index contributed by atoms with van der Waals surface area (Å²) >= 11 is 0.